The SMILES string of the molecule is Cc1ccc(S(=O)(=O)OCC(N=[N+]=[N-])C(COS(=O)(=O)c2ccc(C)cc2)OS(=O)(=O)[O-])cc1. The van der Waals surface area contributed by atoms with Crippen LogP contribution in [0.3, 0.4) is 0 Å². The van der Waals surface area contributed by atoms with Crippen molar-refractivity contribution in [2.45, 2.75) is 35.8 Å². The summed E-state index contributed by atoms with van der Waals surface area (Å²) in [6, 6.07) is 9.16. The zero-order chi connectivity index (χ0) is 25.6. The lowest BCUT2D eigenvalue weighted by molar-refractivity contribution is 0.0837. The van der Waals surface area contributed by atoms with E-state index in [9.17, 15) is 29.8 Å². The zero-order valence-electron chi connectivity index (χ0n) is 17.8. The number of azide groups is 1. The van der Waals surface area contributed by atoms with Crippen molar-refractivity contribution in [2.24, 2.45) is 5.11 Å². The zero-order valence-corrected chi connectivity index (χ0v) is 20.3. The molecule has 0 saturated carbocycles. The maximum Gasteiger partial charge on any atom is 0.297 e. The summed E-state index contributed by atoms with van der Waals surface area (Å²) in [5.41, 5.74) is 10.3. The molecule has 2 aromatic carbocycles. The Kier molecular flexibility index (Phi) is 9.15. The molecule has 2 atom stereocenters. The van der Waals surface area contributed by atoms with Gasteiger partial charge in [0, 0.05) is 4.91 Å². The summed E-state index contributed by atoms with van der Waals surface area (Å²) >= 11 is 0. The van der Waals surface area contributed by atoms with Crippen LogP contribution in [-0.4, -0.2) is 55.2 Å². The van der Waals surface area contributed by atoms with Gasteiger partial charge in [0.25, 0.3) is 20.2 Å². The molecule has 0 aromatic heterocycles. The Morgan fingerprint density at radius 1 is 0.824 bits per heavy atom. The van der Waals surface area contributed by atoms with Gasteiger partial charge in [-0.15, -0.1) is 0 Å². The number of rotatable bonds is 12. The molecule has 2 aromatic rings. The fraction of sp³-hybridized carbons (Fsp3) is 0.333. The molecule has 0 aliphatic rings. The fourth-order valence-corrected chi connectivity index (χ4v) is 4.83. The third-order valence-corrected chi connectivity index (χ3v) is 7.35. The molecule has 0 amide bonds. The first-order valence-electron chi connectivity index (χ1n) is 9.34. The quantitative estimate of drug-likeness (QED) is 0.0966. The van der Waals surface area contributed by atoms with E-state index in [1.165, 1.54) is 48.5 Å². The van der Waals surface area contributed by atoms with Crippen molar-refractivity contribution in [3.05, 3.63) is 70.1 Å². The molecule has 186 valence electrons. The monoisotopic (exact) mass is 534 g/mol. The predicted molar refractivity (Wildman–Crippen MR) is 116 cm³/mol. The maximum atomic E-state index is 12.4. The van der Waals surface area contributed by atoms with Crippen LogP contribution < -0.4 is 0 Å². The summed E-state index contributed by atoms with van der Waals surface area (Å²) in [6.45, 7) is 1.37. The lowest BCUT2D eigenvalue weighted by atomic mass is 10.2. The largest absolute Gasteiger partial charge is 0.726 e. The summed E-state index contributed by atoms with van der Waals surface area (Å²) in [7, 11) is -14.3. The van der Waals surface area contributed by atoms with Crippen LogP contribution in [0.2, 0.25) is 0 Å². The van der Waals surface area contributed by atoms with Gasteiger partial charge < -0.3 is 4.55 Å². The Labute approximate surface area is 197 Å². The van der Waals surface area contributed by atoms with Crippen molar-refractivity contribution in [3.8, 4) is 0 Å². The molecule has 0 heterocycles. The first-order chi connectivity index (χ1) is 15.7. The average Bonchev–Trinajstić information content (AvgIpc) is 2.74. The Morgan fingerprint density at radius 3 is 1.62 bits per heavy atom. The smallest absolute Gasteiger partial charge is 0.297 e. The first-order valence-corrected chi connectivity index (χ1v) is 13.5. The molecular formula is C18H20N3O10S3-. The van der Waals surface area contributed by atoms with Crippen LogP contribution in [0.1, 0.15) is 11.1 Å². The number of hydrogen-bond acceptors (Lipinski definition) is 11. The number of benzene rings is 2. The van der Waals surface area contributed by atoms with Crippen molar-refractivity contribution in [1.82, 2.24) is 0 Å². The van der Waals surface area contributed by atoms with Gasteiger partial charge in [-0.25, -0.2) is 8.42 Å². The van der Waals surface area contributed by atoms with Gasteiger partial charge in [-0.2, -0.15) is 16.8 Å². The van der Waals surface area contributed by atoms with Gasteiger partial charge in [0.15, 0.2) is 0 Å². The molecule has 0 fully saturated rings. The van der Waals surface area contributed by atoms with E-state index < -0.39 is 56.0 Å². The van der Waals surface area contributed by atoms with Gasteiger partial charge in [0.2, 0.25) is 10.4 Å². The number of aryl methyl sites for hydroxylation is 2. The summed E-state index contributed by atoms with van der Waals surface area (Å²) in [4.78, 5) is 1.93. The molecule has 13 nitrogen and oxygen atoms in total. The minimum atomic E-state index is -5.45. The predicted octanol–water partition coefficient (Wildman–Crippen LogP) is 1.94. The van der Waals surface area contributed by atoms with Gasteiger partial charge in [0.05, 0.1) is 29.0 Å². The van der Waals surface area contributed by atoms with Gasteiger partial charge in [-0.05, 0) is 43.6 Å². The Morgan fingerprint density at radius 2 is 1.24 bits per heavy atom. The molecule has 2 rings (SSSR count). The third kappa shape index (κ3) is 8.34. The highest BCUT2D eigenvalue weighted by Crippen LogP contribution is 2.19. The maximum absolute atomic E-state index is 12.4. The van der Waals surface area contributed by atoms with E-state index in [2.05, 4.69) is 14.2 Å². The van der Waals surface area contributed by atoms with E-state index in [4.69, 9.17) is 13.9 Å². The molecule has 0 saturated heterocycles. The third-order valence-electron chi connectivity index (χ3n) is 4.27. The van der Waals surface area contributed by atoms with Crippen molar-refractivity contribution < 1.29 is 42.4 Å². The summed E-state index contributed by atoms with van der Waals surface area (Å²) < 4.78 is 96.9. The van der Waals surface area contributed by atoms with Crippen LogP contribution in [0, 0.1) is 13.8 Å². The second kappa shape index (κ2) is 11.2. The van der Waals surface area contributed by atoms with Crippen LogP contribution in [0.5, 0.6) is 0 Å². The molecule has 0 radical (unpaired) electrons. The summed E-state index contributed by atoms with van der Waals surface area (Å²) in [5.74, 6) is 0. The van der Waals surface area contributed by atoms with E-state index in [1.807, 2.05) is 0 Å². The molecular weight excluding hydrogens is 514 g/mol. The van der Waals surface area contributed by atoms with E-state index in [0.717, 1.165) is 11.1 Å². The highest BCUT2D eigenvalue weighted by Gasteiger charge is 2.30. The Balaban J connectivity index is 2.25. The van der Waals surface area contributed by atoms with Crippen molar-refractivity contribution in [3.63, 3.8) is 0 Å². The van der Waals surface area contributed by atoms with Crippen molar-refractivity contribution >= 4 is 30.6 Å². The van der Waals surface area contributed by atoms with Gasteiger partial charge in [-0.1, -0.05) is 40.5 Å². The molecule has 2 unspecified atom stereocenters. The molecule has 0 bridgehead atoms. The van der Waals surface area contributed by atoms with Crippen LogP contribution in [0.15, 0.2) is 63.4 Å². The van der Waals surface area contributed by atoms with E-state index >= 15 is 0 Å². The van der Waals surface area contributed by atoms with E-state index in [-0.39, 0.29) is 9.79 Å². The highest BCUT2D eigenvalue weighted by molar-refractivity contribution is 7.87. The number of nitrogens with zero attached hydrogens (tertiary/aromatic N) is 3. The molecule has 0 aliphatic heterocycles. The topological polar surface area (TPSA) is 202 Å². The average molecular weight is 535 g/mol. The minimum Gasteiger partial charge on any atom is -0.726 e. The Bertz CT molecular complexity index is 1350. The normalized spacial score (nSPS) is 14.2. The highest BCUT2D eigenvalue weighted by atomic mass is 32.3. The van der Waals surface area contributed by atoms with Crippen molar-refractivity contribution in [2.75, 3.05) is 13.2 Å². The lowest BCUT2D eigenvalue weighted by Gasteiger charge is -2.24. The molecule has 16 heteroatoms. The second-order valence-corrected chi connectivity index (χ2v) is 11.2. The summed E-state index contributed by atoms with van der Waals surface area (Å²) in [5, 5.41) is 3.19. The van der Waals surface area contributed by atoms with Gasteiger partial charge in [0.1, 0.15) is 6.10 Å². The number of hydrogen-bond donors (Lipinski definition) is 0. The molecule has 0 N–H and O–H groups in total. The van der Waals surface area contributed by atoms with Gasteiger partial charge >= 0.3 is 0 Å². The van der Waals surface area contributed by atoms with Crippen LogP contribution in [0.25, 0.3) is 10.4 Å². The van der Waals surface area contributed by atoms with E-state index in [1.54, 1.807) is 13.8 Å². The fourth-order valence-electron chi connectivity index (χ4n) is 2.50. The lowest BCUT2D eigenvalue weighted by Crippen LogP contribution is -2.38. The minimum absolute atomic E-state index is 0.245. The molecule has 0 spiro atoms. The van der Waals surface area contributed by atoms with Crippen LogP contribution >= 0.6 is 0 Å². The first kappa shape index (κ1) is 27.7. The standard InChI is InChI=1S/C18H21N3O10S3/c1-13-3-7-15(8-4-13)32(22,23)29-11-17(20-21-19)18(31-34(26,27)28)12-30-33(24,25)16-9-5-14(2)6-10-16/h3-10,17-18H,11-12H2,1-2H3,(H,26,27,28)/p-1. The molecule has 0 aliphatic carbocycles. The van der Waals surface area contributed by atoms with E-state index in [0.29, 0.717) is 0 Å². The van der Waals surface area contributed by atoms with Crippen LogP contribution in [-0.2, 0) is 43.2 Å². The molecule has 34 heavy (non-hydrogen) atoms. The Hall–Kier alpha value is -2.56. The van der Waals surface area contributed by atoms with Gasteiger partial charge in [-0.3, -0.25) is 12.5 Å². The van der Waals surface area contributed by atoms with Crippen molar-refractivity contribution in [1.29, 1.82) is 0 Å². The second-order valence-electron chi connectivity index (χ2n) is 6.92. The van der Waals surface area contributed by atoms with Crippen LogP contribution in [0.4, 0.5) is 0 Å². The summed E-state index contributed by atoms with van der Waals surface area (Å²) in [6.07, 6.45) is -2.02.